The maximum absolute atomic E-state index is 3.65. The van der Waals surface area contributed by atoms with E-state index in [2.05, 4.69) is 149 Å². The SMILES string of the molecule is Cc1ccc(C2c3ccc(C(C)(C)C)cc3C(c3ccc(Br)cc3)c3ccc(C(C)(C)C)cc32)cc1. The van der Waals surface area contributed by atoms with E-state index in [0.29, 0.717) is 0 Å². The van der Waals surface area contributed by atoms with Crippen LogP contribution in [0.3, 0.4) is 0 Å². The van der Waals surface area contributed by atoms with Crippen molar-refractivity contribution < 1.29 is 0 Å². The zero-order chi connectivity index (χ0) is 25.8. The minimum atomic E-state index is 0.0923. The van der Waals surface area contributed by atoms with Crippen LogP contribution in [0, 0.1) is 6.92 Å². The maximum atomic E-state index is 3.65. The lowest BCUT2D eigenvalue weighted by Gasteiger charge is -2.37. The van der Waals surface area contributed by atoms with E-state index in [0.717, 1.165) is 4.47 Å². The third-order valence-corrected chi connectivity index (χ3v) is 8.29. The minimum Gasteiger partial charge on any atom is -0.0590 e. The molecule has 0 aromatic heterocycles. The van der Waals surface area contributed by atoms with Crippen LogP contribution in [0.25, 0.3) is 0 Å². The van der Waals surface area contributed by atoms with Gasteiger partial charge in [-0.3, -0.25) is 0 Å². The Bertz CT molecular complexity index is 1280. The zero-order valence-electron chi connectivity index (χ0n) is 22.6. The van der Waals surface area contributed by atoms with E-state index < -0.39 is 0 Å². The largest absolute Gasteiger partial charge is 0.0590 e. The number of hydrogen-bond donors (Lipinski definition) is 0. The van der Waals surface area contributed by atoms with Crippen LogP contribution in [0.1, 0.15) is 103 Å². The predicted molar refractivity (Wildman–Crippen MR) is 157 cm³/mol. The Labute approximate surface area is 225 Å². The fourth-order valence-corrected chi connectivity index (χ4v) is 5.84. The van der Waals surface area contributed by atoms with E-state index in [1.54, 1.807) is 0 Å². The third-order valence-electron chi connectivity index (χ3n) is 7.76. The van der Waals surface area contributed by atoms with E-state index in [1.807, 2.05) is 0 Å². The predicted octanol–water partition coefficient (Wildman–Crippen LogP) is 10.0. The van der Waals surface area contributed by atoms with E-state index in [9.17, 15) is 0 Å². The van der Waals surface area contributed by atoms with E-state index in [1.165, 1.54) is 50.1 Å². The first-order valence-corrected chi connectivity index (χ1v) is 13.8. The molecule has 4 aromatic carbocycles. The van der Waals surface area contributed by atoms with Crippen LogP contribution < -0.4 is 0 Å². The summed E-state index contributed by atoms with van der Waals surface area (Å²) >= 11 is 3.65. The van der Waals surface area contributed by atoms with Gasteiger partial charge in [0.05, 0.1) is 0 Å². The molecule has 1 aliphatic rings. The molecule has 0 bridgehead atoms. The smallest absolute Gasteiger partial charge is 0.0346 e. The Morgan fingerprint density at radius 1 is 0.500 bits per heavy atom. The molecule has 0 nitrogen and oxygen atoms in total. The number of hydrogen-bond acceptors (Lipinski definition) is 0. The second-order valence-corrected chi connectivity index (χ2v) is 13.4. The normalized spacial score (nSPS) is 17.4. The molecule has 0 aliphatic heterocycles. The van der Waals surface area contributed by atoms with E-state index in [-0.39, 0.29) is 22.7 Å². The van der Waals surface area contributed by atoms with Gasteiger partial charge < -0.3 is 0 Å². The highest BCUT2D eigenvalue weighted by atomic mass is 79.9. The van der Waals surface area contributed by atoms with Crippen molar-refractivity contribution in [3.63, 3.8) is 0 Å². The van der Waals surface area contributed by atoms with Gasteiger partial charge in [-0.15, -0.1) is 0 Å². The molecule has 2 unspecified atom stereocenters. The first-order valence-electron chi connectivity index (χ1n) is 13.0. The van der Waals surface area contributed by atoms with Crippen LogP contribution in [0.5, 0.6) is 0 Å². The van der Waals surface area contributed by atoms with Crippen molar-refractivity contribution in [2.24, 2.45) is 0 Å². The molecule has 5 rings (SSSR count). The molecule has 0 saturated carbocycles. The van der Waals surface area contributed by atoms with E-state index >= 15 is 0 Å². The van der Waals surface area contributed by atoms with Gasteiger partial charge in [0, 0.05) is 16.3 Å². The van der Waals surface area contributed by atoms with Crippen LogP contribution in [0.2, 0.25) is 0 Å². The summed E-state index contributed by atoms with van der Waals surface area (Å²) in [4.78, 5) is 0. The summed E-state index contributed by atoms with van der Waals surface area (Å²) in [5.74, 6) is 0.430. The van der Waals surface area contributed by atoms with Crippen LogP contribution in [-0.4, -0.2) is 0 Å². The zero-order valence-corrected chi connectivity index (χ0v) is 24.2. The summed E-state index contributed by atoms with van der Waals surface area (Å²) in [7, 11) is 0. The topological polar surface area (TPSA) is 0 Å². The average Bonchev–Trinajstić information content (AvgIpc) is 2.82. The lowest BCUT2D eigenvalue weighted by Crippen LogP contribution is -2.23. The summed E-state index contributed by atoms with van der Waals surface area (Å²) in [6.45, 7) is 16.0. The molecule has 0 N–H and O–H groups in total. The number of benzene rings is 4. The monoisotopic (exact) mass is 536 g/mol. The number of rotatable bonds is 2. The molecule has 184 valence electrons. The van der Waals surface area contributed by atoms with Crippen molar-refractivity contribution >= 4 is 15.9 Å². The fraction of sp³-hybridized carbons (Fsp3) is 0.314. The Balaban J connectivity index is 1.84. The summed E-state index contributed by atoms with van der Waals surface area (Å²) in [6, 6.07) is 32.6. The second kappa shape index (κ2) is 9.03. The first-order chi connectivity index (χ1) is 16.9. The van der Waals surface area contributed by atoms with Gasteiger partial charge in [-0.25, -0.2) is 0 Å². The lowest BCUT2D eigenvalue weighted by molar-refractivity contribution is 0.585. The standard InChI is InChI=1S/C35H37Br/c1-22-8-10-23(11-9-22)32-28-18-14-26(35(5,6)7)21-31(28)33(24-12-16-27(36)17-13-24)29-19-15-25(20-30(29)32)34(2,3)4/h8-21,32-33H,1-7H3. The van der Waals surface area contributed by atoms with Gasteiger partial charge in [-0.2, -0.15) is 0 Å². The van der Waals surface area contributed by atoms with Gasteiger partial charge in [0.2, 0.25) is 0 Å². The van der Waals surface area contributed by atoms with Crippen molar-refractivity contribution in [3.8, 4) is 0 Å². The maximum Gasteiger partial charge on any atom is 0.0346 e. The molecule has 1 aliphatic carbocycles. The molecule has 2 atom stereocenters. The van der Waals surface area contributed by atoms with Crippen molar-refractivity contribution in [2.45, 2.75) is 71.1 Å². The van der Waals surface area contributed by atoms with Crippen molar-refractivity contribution in [2.75, 3.05) is 0 Å². The Morgan fingerprint density at radius 2 is 0.889 bits per heavy atom. The second-order valence-electron chi connectivity index (χ2n) is 12.5. The minimum absolute atomic E-state index is 0.0923. The van der Waals surface area contributed by atoms with Gasteiger partial charge in [0.15, 0.2) is 0 Å². The molecule has 4 aromatic rings. The highest BCUT2D eigenvalue weighted by molar-refractivity contribution is 9.10. The number of halogens is 1. The molecule has 0 saturated heterocycles. The quantitative estimate of drug-likeness (QED) is 0.210. The van der Waals surface area contributed by atoms with Gasteiger partial charge in [-0.05, 0) is 74.4 Å². The van der Waals surface area contributed by atoms with Gasteiger partial charge in [0.25, 0.3) is 0 Å². The molecule has 36 heavy (non-hydrogen) atoms. The van der Waals surface area contributed by atoms with Gasteiger partial charge >= 0.3 is 0 Å². The lowest BCUT2D eigenvalue weighted by atomic mass is 9.66. The average molecular weight is 538 g/mol. The van der Waals surface area contributed by atoms with Gasteiger partial charge in [0.1, 0.15) is 0 Å². The molecule has 1 heteroatoms. The molecule has 0 fully saturated rings. The van der Waals surface area contributed by atoms with Crippen molar-refractivity contribution in [1.29, 1.82) is 0 Å². The number of fused-ring (bicyclic) bond motifs is 2. The van der Waals surface area contributed by atoms with Crippen LogP contribution in [-0.2, 0) is 10.8 Å². The van der Waals surface area contributed by atoms with Crippen molar-refractivity contribution in [1.82, 2.24) is 0 Å². The van der Waals surface area contributed by atoms with Gasteiger partial charge in [-0.1, -0.05) is 136 Å². The fourth-order valence-electron chi connectivity index (χ4n) is 5.58. The Kier molecular flexibility index (Phi) is 6.28. The highest BCUT2D eigenvalue weighted by Crippen LogP contribution is 2.50. The third kappa shape index (κ3) is 4.59. The molecule has 0 spiro atoms. The van der Waals surface area contributed by atoms with Crippen LogP contribution in [0.15, 0.2) is 89.4 Å². The first kappa shape index (κ1) is 25.0. The highest BCUT2D eigenvalue weighted by Gasteiger charge is 2.35. The number of aryl methyl sites for hydroxylation is 1. The summed E-state index contributed by atoms with van der Waals surface area (Å²) in [6.07, 6.45) is 0. The summed E-state index contributed by atoms with van der Waals surface area (Å²) in [5.41, 5.74) is 12.7. The van der Waals surface area contributed by atoms with Crippen molar-refractivity contribution in [3.05, 3.63) is 139 Å². The Morgan fingerprint density at radius 3 is 1.28 bits per heavy atom. The molecule has 0 amide bonds. The molecular formula is C35H37Br. The summed E-state index contributed by atoms with van der Waals surface area (Å²) < 4.78 is 1.12. The van der Waals surface area contributed by atoms with Crippen LogP contribution >= 0.6 is 15.9 Å². The Hall–Kier alpha value is -2.64. The summed E-state index contributed by atoms with van der Waals surface area (Å²) in [5, 5.41) is 0. The molecule has 0 radical (unpaired) electrons. The molecule has 0 heterocycles. The molecular weight excluding hydrogens is 500 g/mol. The van der Waals surface area contributed by atoms with E-state index in [4.69, 9.17) is 0 Å². The van der Waals surface area contributed by atoms with Crippen LogP contribution in [0.4, 0.5) is 0 Å².